The van der Waals surface area contributed by atoms with Crippen LogP contribution in [0.3, 0.4) is 0 Å². The maximum Gasteiger partial charge on any atom is 0.277 e. The summed E-state index contributed by atoms with van der Waals surface area (Å²) >= 11 is 2.02. The molecule has 130 valence electrons. The zero-order chi connectivity index (χ0) is 16.7. The van der Waals surface area contributed by atoms with Gasteiger partial charge >= 0.3 is 0 Å². The second-order valence-corrected chi connectivity index (χ2v) is 5.82. The number of rotatable bonds is 7. The average Bonchev–Trinajstić information content (AvgIpc) is 2.56. The van der Waals surface area contributed by atoms with Gasteiger partial charge in [-0.2, -0.15) is 0 Å². The molecular formula is C16H18ClFIN3O2. The number of amides is 1. The van der Waals surface area contributed by atoms with E-state index in [4.69, 9.17) is 4.84 Å². The van der Waals surface area contributed by atoms with Crippen LogP contribution in [-0.4, -0.2) is 26.1 Å². The molecule has 0 saturated heterocycles. The molecule has 2 rings (SSSR count). The Morgan fingerprint density at radius 2 is 1.92 bits per heavy atom. The van der Waals surface area contributed by atoms with Crippen LogP contribution in [0.25, 0.3) is 0 Å². The summed E-state index contributed by atoms with van der Waals surface area (Å²) in [7, 11) is 1.77. The molecule has 0 aliphatic rings. The van der Waals surface area contributed by atoms with Gasteiger partial charge in [-0.25, -0.2) is 9.87 Å². The van der Waals surface area contributed by atoms with E-state index in [1.165, 1.54) is 6.07 Å². The van der Waals surface area contributed by atoms with E-state index in [2.05, 4.69) is 16.1 Å². The van der Waals surface area contributed by atoms with Crippen molar-refractivity contribution in [1.82, 2.24) is 10.8 Å². The predicted octanol–water partition coefficient (Wildman–Crippen LogP) is 3.48. The predicted molar refractivity (Wildman–Crippen MR) is 103 cm³/mol. The number of hydroxylamine groups is 1. The number of hydrogen-bond donors (Lipinski definition) is 3. The van der Waals surface area contributed by atoms with Crippen molar-refractivity contribution < 1.29 is 14.0 Å². The number of benzene rings is 2. The van der Waals surface area contributed by atoms with Crippen LogP contribution in [0.2, 0.25) is 0 Å². The van der Waals surface area contributed by atoms with Crippen LogP contribution in [0, 0.1) is 9.39 Å². The van der Waals surface area contributed by atoms with E-state index < -0.39 is 11.7 Å². The molecule has 8 heteroatoms. The summed E-state index contributed by atoms with van der Waals surface area (Å²) in [5.41, 5.74) is 3.17. The summed E-state index contributed by atoms with van der Waals surface area (Å²) in [6.07, 6.45) is 0. The summed E-state index contributed by atoms with van der Waals surface area (Å²) in [6.45, 7) is 0.875. The van der Waals surface area contributed by atoms with E-state index >= 15 is 0 Å². The van der Waals surface area contributed by atoms with Gasteiger partial charge in [-0.15, -0.1) is 12.4 Å². The van der Waals surface area contributed by atoms with Crippen LogP contribution in [0.5, 0.6) is 0 Å². The molecule has 5 nitrogen and oxygen atoms in total. The van der Waals surface area contributed by atoms with Crippen LogP contribution < -0.4 is 16.1 Å². The van der Waals surface area contributed by atoms with Crippen LogP contribution in [0.4, 0.5) is 15.8 Å². The minimum absolute atomic E-state index is 0. The lowest BCUT2D eigenvalue weighted by Gasteiger charge is -2.13. The molecule has 2 aromatic rings. The van der Waals surface area contributed by atoms with E-state index in [0.717, 1.165) is 5.69 Å². The van der Waals surface area contributed by atoms with Crippen LogP contribution in [0.15, 0.2) is 42.5 Å². The van der Waals surface area contributed by atoms with E-state index in [9.17, 15) is 9.18 Å². The second kappa shape index (κ2) is 10.4. The van der Waals surface area contributed by atoms with E-state index in [1.807, 2.05) is 52.9 Å². The molecule has 0 spiro atoms. The molecule has 1 amide bonds. The fourth-order valence-corrected chi connectivity index (χ4v) is 2.38. The molecule has 0 heterocycles. The second-order valence-electron chi connectivity index (χ2n) is 4.66. The number of likely N-dealkylation sites (N-methyl/N-ethyl adjacent to an activating group) is 1. The van der Waals surface area contributed by atoms with Crippen molar-refractivity contribution in [3.63, 3.8) is 0 Å². The Morgan fingerprint density at radius 3 is 2.58 bits per heavy atom. The Balaban J connectivity index is 0.00000288. The van der Waals surface area contributed by atoms with Crippen molar-refractivity contribution in [3.8, 4) is 0 Å². The van der Waals surface area contributed by atoms with Crippen LogP contribution in [-0.2, 0) is 4.84 Å². The molecule has 0 fully saturated rings. The van der Waals surface area contributed by atoms with Gasteiger partial charge < -0.3 is 10.6 Å². The summed E-state index contributed by atoms with van der Waals surface area (Å²) < 4.78 is 15.3. The van der Waals surface area contributed by atoms with Gasteiger partial charge in [0.15, 0.2) is 5.82 Å². The zero-order valence-corrected chi connectivity index (χ0v) is 15.9. The smallest absolute Gasteiger partial charge is 0.277 e. The van der Waals surface area contributed by atoms with Crippen LogP contribution >= 0.6 is 35.0 Å². The molecule has 0 aliphatic heterocycles. The molecular weight excluding hydrogens is 448 g/mol. The number of hydrogen-bond acceptors (Lipinski definition) is 4. The molecule has 2 aromatic carbocycles. The van der Waals surface area contributed by atoms with Gasteiger partial charge in [-0.05, 0) is 53.9 Å². The molecule has 3 N–H and O–H groups in total. The normalized spacial score (nSPS) is 9.96. The Labute approximate surface area is 159 Å². The zero-order valence-electron chi connectivity index (χ0n) is 12.9. The Bertz CT molecular complexity index is 674. The fraction of sp³-hybridized carbons (Fsp3) is 0.188. The van der Waals surface area contributed by atoms with Gasteiger partial charge in [0.1, 0.15) is 0 Å². The Kier molecular flexibility index (Phi) is 8.98. The molecule has 0 aromatic heterocycles. The highest BCUT2D eigenvalue weighted by atomic mass is 127. The largest absolute Gasteiger partial charge is 0.352 e. The monoisotopic (exact) mass is 465 g/mol. The molecule has 24 heavy (non-hydrogen) atoms. The number of halogens is 3. The quantitative estimate of drug-likeness (QED) is 0.333. The highest BCUT2D eigenvalue weighted by Crippen LogP contribution is 2.28. The third-order valence-electron chi connectivity index (χ3n) is 3.00. The molecule has 0 radical (unpaired) electrons. The summed E-state index contributed by atoms with van der Waals surface area (Å²) in [4.78, 5) is 17.0. The van der Waals surface area contributed by atoms with Crippen molar-refractivity contribution in [3.05, 3.63) is 57.4 Å². The number of anilines is 2. The van der Waals surface area contributed by atoms with Crippen LogP contribution in [0.1, 0.15) is 10.4 Å². The summed E-state index contributed by atoms with van der Waals surface area (Å²) in [6, 6.07) is 12.3. The summed E-state index contributed by atoms with van der Waals surface area (Å²) in [5.74, 6) is -1.23. The molecule has 0 unspecified atom stereocenters. The molecule has 0 saturated carbocycles. The van der Waals surface area contributed by atoms with Gasteiger partial charge in [0.05, 0.1) is 17.9 Å². The first-order chi connectivity index (χ1) is 11.1. The molecule has 0 aliphatic carbocycles. The topological polar surface area (TPSA) is 62.4 Å². The molecule has 0 atom stereocenters. The van der Waals surface area contributed by atoms with Gasteiger partial charge in [0.2, 0.25) is 0 Å². The summed E-state index contributed by atoms with van der Waals surface area (Å²) in [5, 5.41) is 5.87. The number of carbonyl (C=O) groups excluding carboxylic acids is 1. The Morgan fingerprint density at radius 1 is 1.21 bits per heavy atom. The lowest BCUT2D eigenvalue weighted by Crippen LogP contribution is -2.28. The lowest BCUT2D eigenvalue weighted by atomic mass is 10.1. The lowest BCUT2D eigenvalue weighted by molar-refractivity contribution is 0.0325. The fourth-order valence-electron chi connectivity index (χ4n) is 1.83. The number of nitrogens with one attached hydrogen (secondary N) is 3. The minimum atomic E-state index is -0.619. The molecule has 0 bridgehead atoms. The third kappa shape index (κ3) is 5.59. The van der Waals surface area contributed by atoms with Gasteiger partial charge in [0.25, 0.3) is 5.91 Å². The van der Waals surface area contributed by atoms with Crippen molar-refractivity contribution in [2.45, 2.75) is 0 Å². The highest BCUT2D eigenvalue weighted by Gasteiger charge is 2.18. The number of carbonyl (C=O) groups is 1. The van der Waals surface area contributed by atoms with Crippen molar-refractivity contribution in [2.75, 3.05) is 25.5 Å². The third-order valence-corrected chi connectivity index (χ3v) is 3.90. The first-order valence-corrected chi connectivity index (χ1v) is 8.08. The van der Waals surface area contributed by atoms with Gasteiger partial charge in [-0.1, -0.05) is 18.2 Å². The van der Waals surface area contributed by atoms with Gasteiger partial charge in [-0.3, -0.25) is 9.63 Å². The van der Waals surface area contributed by atoms with Crippen molar-refractivity contribution in [1.29, 1.82) is 0 Å². The minimum Gasteiger partial charge on any atom is -0.352 e. The standard InChI is InChI=1S/C16H17FIN3O2.ClH/c1-19-9-10-23-21-16(22)12-7-8-13(18)15(14(12)17)20-11-5-3-2-4-6-11;/h2-8,19-20H,9-10H2,1H3,(H,21,22);1H. The number of para-hydroxylation sites is 1. The highest BCUT2D eigenvalue weighted by molar-refractivity contribution is 14.1. The SMILES string of the molecule is CNCCONC(=O)c1ccc(I)c(Nc2ccccc2)c1F.Cl. The van der Waals surface area contributed by atoms with E-state index in [0.29, 0.717) is 16.7 Å². The van der Waals surface area contributed by atoms with Crippen molar-refractivity contribution >= 4 is 52.3 Å². The maximum atomic E-state index is 14.6. The van der Waals surface area contributed by atoms with Gasteiger partial charge in [0, 0.05) is 15.8 Å². The maximum absolute atomic E-state index is 14.6. The van der Waals surface area contributed by atoms with Crippen molar-refractivity contribution in [2.24, 2.45) is 0 Å². The van der Waals surface area contributed by atoms with E-state index in [-0.39, 0.29) is 23.7 Å². The Hall–Kier alpha value is -1.42. The average molecular weight is 466 g/mol. The van der Waals surface area contributed by atoms with E-state index in [1.54, 1.807) is 13.1 Å². The first-order valence-electron chi connectivity index (χ1n) is 7.00. The first kappa shape index (κ1) is 20.6.